The van der Waals surface area contributed by atoms with Crippen LogP contribution in [0.25, 0.3) is 0 Å². The van der Waals surface area contributed by atoms with E-state index in [1.165, 1.54) is 4.68 Å². The molecule has 0 spiro atoms. The van der Waals surface area contributed by atoms with Crippen LogP contribution in [0.2, 0.25) is 0 Å². The van der Waals surface area contributed by atoms with Crippen molar-refractivity contribution in [3.63, 3.8) is 0 Å². The summed E-state index contributed by atoms with van der Waals surface area (Å²) in [5, 5.41) is 4.53. The summed E-state index contributed by atoms with van der Waals surface area (Å²) in [4.78, 5) is 12.4. The smallest absolute Gasteiger partial charge is 0.268 e. The molecule has 4 rings (SSSR count). The lowest BCUT2D eigenvalue weighted by Crippen LogP contribution is -2.48. The molecular weight excluding hydrogens is 352 g/mol. The van der Waals surface area contributed by atoms with Crippen LogP contribution in [0.15, 0.2) is 10.9 Å². The van der Waals surface area contributed by atoms with Crippen molar-refractivity contribution < 1.29 is 8.42 Å². The molecule has 0 bridgehead atoms. The summed E-state index contributed by atoms with van der Waals surface area (Å²) < 4.78 is 31.1. The summed E-state index contributed by atoms with van der Waals surface area (Å²) in [6, 6.07) is 1.52. The molecule has 0 N–H and O–H groups in total. The summed E-state index contributed by atoms with van der Waals surface area (Å²) in [6.45, 7) is 2.13. The Labute approximate surface area is 155 Å². The minimum atomic E-state index is -3.46. The Balaban J connectivity index is 1.54. The zero-order valence-electron chi connectivity index (χ0n) is 15.3. The van der Waals surface area contributed by atoms with E-state index in [0.29, 0.717) is 26.2 Å². The predicted molar refractivity (Wildman–Crippen MR) is 99.2 cm³/mol. The van der Waals surface area contributed by atoms with Crippen LogP contribution in [0, 0.1) is 0 Å². The highest BCUT2D eigenvalue weighted by Crippen LogP contribution is 2.26. The van der Waals surface area contributed by atoms with E-state index < -0.39 is 10.2 Å². The van der Waals surface area contributed by atoms with Gasteiger partial charge in [-0.1, -0.05) is 12.8 Å². The number of fused-ring (bicyclic) bond motifs is 1. The van der Waals surface area contributed by atoms with Crippen LogP contribution in [0.1, 0.15) is 56.2 Å². The fourth-order valence-corrected chi connectivity index (χ4v) is 6.41. The molecule has 1 unspecified atom stereocenters. The SMILES string of the molecule is O=c1cc2c(nn1CC1CCCN1S(=O)(=O)N1CCCCCC1)CCC2. The first-order valence-corrected chi connectivity index (χ1v) is 11.3. The van der Waals surface area contributed by atoms with Crippen molar-refractivity contribution in [2.45, 2.75) is 70.4 Å². The van der Waals surface area contributed by atoms with Gasteiger partial charge >= 0.3 is 0 Å². The maximum Gasteiger partial charge on any atom is 0.282 e. The molecule has 1 aromatic heterocycles. The van der Waals surface area contributed by atoms with Crippen molar-refractivity contribution in [2.75, 3.05) is 19.6 Å². The zero-order valence-corrected chi connectivity index (χ0v) is 16.1. The van der Waals surface area contributed by atoms with Gasteiger partial charge in [-0.2, -0.15) is 22.1 Å². The predicted octanol–water partition coefficient (Wildman–Crippen LogP) is 1.32. The highest BCUT2D eigenvalue weighted by atomic mass is 32.2. The largest absolute Gasteiger partial charge is 0.282 e. The van der Waals surface area contributed by atoms with E-state index in [1.807, 2.05) is 0 Å². The lowest BCUT2D eigenvalue weighted by Gasteiger charge is -2.30. The van der Waals surface area contributed by atoms with Gasteiger partial charge in [-0.25, -0.2) is 4.68 Å². The van der Waals surface area contributed by atoms with Crippen molar-refractivity contribution in [3.05, 3.63) is 27.7 Å². The summed E-state index contributed by atoms with van der Waals surface area (Å²) in [5.41, 5.74) is 1.96. The van der Waals surface area contributed by atoms with Gasteiger partial charge in [0.2, 0.25) is 0 Å². The number of aryl methyl sites for hydroxylation is 2. The third kappa shape index (κ3) is 3.46. The molecule has 7 nitrogen and oxygen atoms in total. The summed E-state index contributed by atoms with van der Waals surface area (Å²) in [6.07, 6.45) is 8.59. The van der Waals surface area contributed by atoms with Crippen molar-refractivity contribution >= 4 is 10.2 Å². The van der Waals surface area contributed by atoms with Crippen molar-refractivity contribution in [1.29, 1.82) is 0 Å². The van der Waals surface area contributed by atoms with E-state index in [2.05, 4.69) is 5.10 Å². The molecule has 0 aromatic carbocycles. The van der Waals surface area contributed by atoms with Gasteiger partial charge < -0.3 is 0 Å². The molecule has 1 aromatic rings. The van der Waals surface area contributed by atoms with E-state index in [4.69, 9.17) is 0 Å². The van der Waals surface area contributed by atoms with Crippen molar-refractivity contribution in [2.24, 2.45) is 0 Å². The maximum absolute atomic E-state index is 13.2. The molecule has 1 aliphatic carbocycles. The molecule has 3 aliphatic rings. The molecule has 0 amide bonds. The topological polar surface area (TPSA) is 75.5 Å². The summed E-state index contributed by atoms with van der Waals surface area (Å²) in [5.74, 6) is 0. The number of aromatic nitrogens is 2. The maximum atomic E-state index is 13.2. The Bertz CT molecular complexity index is 812. The van der Waals surface area contributed by atoms with Crippen LogP contribution in [-0.4, -0.2) is 52.5 Å². The van der Waals surface area contributed by atoms with Gasteiger partial charge in [-0.3, -0.25) is 4.79 Å². The van der Waals surface area contributed by atoms with E-state index >= 15 is 0 Å². The lowest BCUT2D eigenvalue weighted by atomic mass is 10.2. The fourth-order valence-electron chi connectivity index (χ4n) is 4.49. The Hall–Kier alpha value is -1.25. The normalized spacial score (nSPS) is 25.3. The Morgan fingerprint density at radius 2 is 1.77 bits per heavy atom. The van der Waals surface area contributed by atoms with E-state index in [0.717, 1.165) is 69.0 Å². The Morgan fingerprint density at radius 3 is 2.54 bits per heavy atom. The van der Waals surface area contributed by atoms with Gasteiger partial charge in [0.15, 0.2) is 0 Å². The minimum Gasteiger partial charge on any atom is -0.268 e. The lowest BCUT2D eigenvalue weighted by molar-refractivity contribution is 0.298. The second-order valence-electron chi connectivity index (χ2n) is 7.72. The molecule has 0 radical (unpaired) electrons. The van der Waals surface area contributed by atoms with Crippen molar-refractivity contribution in [1.82, 2.24) is 18.4 Å². The first kappa shape index (κ1) is 18.1. The van der Waals surface area contributed by atoms with Crippen LogP contribution in [-0.2, 0) is 29.6 Å². The molecule has 3 heterocycles. The highest BCUT2D eigenvalue weighted by Gasteiger charge is 2.38. The average Bonchev–Trinajstić information content (AvgIpc) is 3.16. The molecule has 144 valence electrons. The standard InChI is InChI=1S/C18H28N4O3S/c23-18-13-15-7-5-9-17(15)19-21(18)14-16-8-6-12-22(16)26(24,25)20-10-3-1-2-4-11-20/h13,16H,1-12,14H2. The number of hydrogen-bond donors (Lipinski definition) is 0. The number of rotatable bonds is 4. The third-order valence-corrected chi connectivity index (χ3v) is 8.01. The van der Waals surface area contributed by atoms with Crippen LogP contribution in [0.4, 0.5) is 0 Å². The van der Waals surface area contributed by atoms with Crippen LogP contribution in [0.3, 0.4) is 0 Å². The molecule has 2 saturated heterocycles. The molecule has 1 atom stereocenters. The zero-order chi connectivity index (χ0) is 18.1. The highest BCUT2D eigenvalue weighted by molar-refractivity contribution is 7.86. The second-order valence-corrected chi connectivity index (χ2v) is 9.60. The number of nitrogens with zero attached hydrogens (tertiary/aromatic N) is 4. The molecular formula is C18H28N4O3S. The number of hydrogen-bond acceptors (Lipinski definition) is 4. The molecule has 2 aliphatic heterocycles. The quantitative estimate of drug-likeness (QED) is 0.789. The van der Waals surface area contributed by atoms with Gasteiger partial charge in [-0.15, -0.1) is 0 Å². The van der Waals surface area contributed by atoms with Crippen LogP contribution >= 0.6 is 0 Å². The van der Waals surface area contributed by atoms with Gasteiger partial charge in [0.25, 0.3) is 15.8 Å². The van der Waals surface area contributed by atoms with Gasteiger partial charge in [-0.05, 0) is 50.5 Å². The first-order valence-electron chi connectivity index (χ1n) is 9.92. The van der Waals surface area contributed by atoms with Crippen LogP contribution in [0.5, 0.6) is 0 Å². The van der Waals surface area contributed by atoms with Gasteiger partial charge in [0.05, 0.1) is 12.2 Å². The molecule has 0 saturated carbocycles. The Kier molecular flexibility index (Phi) is 5.16. The molecule has 8 heteroatoms. The third-order valence-electron chi connectivity index (χ3n) is 5.92. The summed E-state index contributed by atoms with van der Waals surface area (Å²) >= 11 is 0. The van der Waals surface area contributed by atoms with E-state index in [9.17, 15) is 13.2 Å². The average molecular weight is 381 g/mol. The van der Waals surface area contributed by atoms with E-state index in [1.54, 1.807) is 14.7 Å². The van der Waals surface area contributed by atoms with E-state index in [-0.39, 0.29) is 11.6 Å². The Morgan fingerprint density at radius 1 is 1.00 bits per heavy atom. The first-order chi connectivity index (χ1) is 12.6. The van der Waals surface area contributed by atoms with Crippen molar-refractivity contribution in [3.8, 4) is 0 Å². The monoisotopic (exact) mass is 380 g/mol. The fraction of sp³-hybridized carbons (Fsp3) is 0.778. The van der Waals surface area contributed by atoms with Gasteiger partial charge in [0, 0.05) is 31.7 Å². The summed E-state index contributed by atoms with van der Waals surface area (Å²) in [7, 11) is -3.46. The van der Waals surface area contributed by atoms with Crippen LogP contribution < -0.4 is 5.56 Å². The minimum absolute atomic E-state index is 0.107. The second kappa shape index (κ2) is 7.40. The molecule has 2 fully saturated rings. The van der Waals surface area contributed by atoms with Gasteiger partial charge in [0.1, 0.15) is 0 Å². The molecule has 26 heavy (non-hydrogen) atoms.